The van der Waals surface area contributed by atoms with Gasteiger partial charge in [0.25, 0.3) is 0 Å². The lowest BCUT2D eigenvalue weighted by atomic mass is 10.3. The van der Waals surface area contributed by atoms with Crippen molar-refractivity contribution >= 4 is 17.6 Å². The molecule has 0 radical (unpaired) electrons. The Bertz CT molecular complexity index is 906. The molecule has 3 heterocycles. The van der Waals surface area contributed by atoms with E-state index in [-0.39, 0.29) is 23.4 Å². The summed E-state index contributed by atoms with van der Waals surface area (Å²) in [4.78, 5) is 15.5. The van der Waals surface area contributed by atoms with Gasteiger partial charge >= 0.3 is 6.18 Å². The maximum atomic E-state index is 12.8. The van der Waals surface area contributed by atoms with Gasteiger partial charge in [0, 0.05) is 12.7 Å². The standard InChI is InChI=1S/C15H15F3N8/c1-2-6-26-8-9(7-20-26)21-14-24-12(23-13(19)25-14)10-4-3-5-11(22-10)15(16,17)18/h3-5,7-8H,2,6H2,1H3,(H3,19,21,23,24,25). The number of nitrogens with two attached hydrogens (primary N) is 1. The highest BCUT2D eigenvalue weighted by Crippen LogP contribution is 2.29. The third-order valence-electron chi connectivity index (χ3n) is 3.26. The second-order valence-corrected chi connectivity index (χ2v) is 5.36. The first-order chi connectivity index (χ1) is 12.3. The van der Waals surface area contributed by atoms with E-state index in [9.17, 15) is 13.2 Å². The monoisotopic (exact) mass is 364 g/mol. The fraction of sp³-hybridized carbons (Fsp3) is 0.267. The van der Waals surface area contributed by atoms with E-state index in [1.807, 2.05) is 6.92 Å². The number of anilines is 3. The van der Waals surface area contributed by atoms with Crippen LogP contribution >= 0.6 is 0 Å². The highest BCUT2D eigenvalue weighted by atomic mass is 19.4. The predicted octanol–water partition coefficient (Wildman–Crippen LogP) is 2.88. The van der Waals surface area contributed by atoms with Crippen LogP contribution in [0.25, 0.3) is 11.5 Å². The number of halogens is 3. The van der Waals surface area contributed by atoms with Crippen LogP contribution in [0.3, 0.4) is 0 Å². The fourth-order valence-electron chi connectivity index (χ4n) is 2.19. The molecule has 3 aromatic heterocycles. The van der Waals surface area contributed by atoms with E-state index in [1.165, 1.54) is 12.1 Å². The quantitative estimate of drug-likeness (QED) is 0.717. The molecule has 0 atom stereocenters. The average Bonchev–Trinajstić information content (AvgIpc) is 3.01. The Kier molecular flexibility index (Phi) is 4.69. The summed E-state index contributed by atoms with van der Waals surface area (Å²) >= 11 is 0. The molecule has 0 aliphatic carbocycles. The number of nitrogens with zero attached hydrogens (tertiary/aromatic N) is 6. The third kappa shape index (κ3) is 4.05. The Balaban J connectivity index is 1.90. The molecule has 3 rings (SSSR count). The van der Waals surface area contributed by atoms with Crippen molar-refractivity contribution in [2.75, 3.05) is 11.1 Å². The Morgan fingerprint density at radius 3 is 2.69 bits per heavy atom. The molecule has 3 aromatic rings. The normalized spacial score (nSPS) is 11.5. The van der Waals surface area contributed by atoms with E-state index in [0.29, 0.717) is 5.69 Å². The lowest BCUT2D eigenvalue weighted by Gasteiger charge is -2.08. The van der Waals surface area contributed by atoms with Crippen molar-refractivity contribution < 1.29 is 13.2 Å². The summed E-state index contributed by atoms with van der Waals surface area (Å²) in [5.74, 6) is -0.118. The number of aromatic nitrogens is 6. The van der Waals surface area contributed by atoms with Gasteiger partial charge in [-0.3, -0.25) is 4.68 Å². The van der Waals surface area contributed by atoms with Gasteiger partial charge in [-0.25, -0.2) is 4.98 Å². The van der Waals surface area contributed by atoms with Crippen LogP contribution in [-0.4, -0.2) is 29.7 Å². The first kappa shape index (κ1) is 17.6. The first-order valence-electron chi connectivity index (χ1n) is 7.71. The van der Waals surface area contributed by atoms with Gasteiger partial charge in [0.15, 0.2) is 5.82 Å². The van der Waals surface area contributed by atoms with E-state index in [0.717, 1.165) is 19.0 Å². The summed E-state index contributed by atoms with van der Waals surface area (Å²) in [5.41, 5.74) is 5.18. The van der Waals surface area contributed by atoms with Crippen LogP contribution in [0.4, 0.5) is 30.8 Å². The number of rotatable bonds is 5. The maximum absolute atomic E-state index is 12.8. The smallest absolute Gasteiger partial charge is 0.368 e. The van der Waals surface area contributed by atoms with Gasteiger partial charge in [0.05, 0.1) is 11.9 Å². The lowest BCUT2D eigenvalue weighted by Crippen LogP contribution is -2.10. The van der Waals surface area contributed by atoms with E-state index < -0.39 is 11.9 Å². The van der Waals surface area contributed by atoms with Gasteiger partial charge in [0.1, 0.15) is 11.4 Å². The average molecular weight is 364 g/mol. The number of alkyl halides is 3. The largest absolute Gasteiger partial charge is 0.433 e. The van der Waals surface area contributed by atoms with Gasteiger partial charge in [-0.15, -0.1) is 0 Å². The van der Waals surface area contributed by atoms with Crippen LogP contribution in [0.2, 0.25) is 0 Å². The summed E-state index contributed by atoms with van der Waals surface area (Å²) in [6.45, 7) is 2.77. The van der Waals surface area contributed by atoms with Gasteiger partial charge in [0.2, 0.25) is 11.9 Å². The molecule has 11 heteroatoms. The molecule has 0 spiro atoms. The topological polar surface area (TPSA) is 107 Å². The van der Waals surface area contributed by atoms with Gasteiger partial charge in [-0.05, 0) is 18.6 Å². The molecule has 0 aliphatic rings. The first-order valence-corrected chi connectivity index (χ1v) is 7.71. The number of hydrogen-bond donors (Lipinski definition) is 2. The molecule has 3 N–H and O–H groups in total. The predicted molar refractivity (Wildman–Crippen MR) is 88.3 cm³/mol. The van der Waals surface area contributed by atoms with Crippen LogP contribution < -0.4 is 11.1 Å². The molecule has 0 unspecified atom stereocenters. The minimum Gasteiger partial charge on any atom is -0.368 e. The van der Waals surface area contributed by atoms with E-state index in [2.05, 4.69) is 30.4 Å². The van der Waals surface area contributed by atoms with Crippen molar-refractivity contribution in [1.82, 2.24) is 29.7 Å². The summed E-state index contributed by atoms with van der Waals surface area (Å²) in [6, 6.07) is 3.47. The van der Waals surface area contributed by atoms with Crippen molar-refractivity contribution in [2.24, 2.45) is 0 Å². The molecule has 0 aromatic carbocycles. The third-order valence-corrected chi connectivity index (χ3v) is 3.26. The van der Waals surface area contributed by atoms with Crippen molar-refractivity contribution in [1.29, 1.82) is 0 Å². The van der Waals surface area contributed by atoms with Crippen molar-refractivity contribution in [3.05, 3.63) is 36.3 Å². The summed E-state index contributed by atoms with van der Waals surface area (Å²) < 4.78 is 40.2. The second kappa shape index (κ2) is 6.94. The van der Waals surface area contributed by atoms with Gasteiger partial charge in [-0.2, -0.15) is 33.2 Å². The number of aryl methyl sites for hydroxylation is 1. The second-order valence-electron chi connectivity index (χ2n) is 5.36. The Hall–Kier alpha value is -3.24. The molecular weight excluding hydrogens is 349 g/mol. The van der Waals surface area contributed by atoms with Crippen LogP contribution in [0.5, 0.6) is 0 Å². The summed E-state index contributed by atoms with van der Waals surface area (Å²) in [6.07, 6.45) is -0.307. The van der Waals surface area contributed by atoms with Crippen LogP contribution in [0, 0.1) is 0 Å². The fourth-order valence-corrected chi connectivity index (χ4v) is 2.19. The number of hydrogen-bond acceptors (Lipinski definition) is 7. The zero-order valence-corrected chi connectivity index (χ0v) is 13.7. The molecule has 8 nitrogen and oxygen atoms in total. The molecular formula is C15H15F3N8. The molecule has 0 bridgehead atoms. The Morgan fingerprint density at radius 2 is 1.96 bits per heavy atom. The van der Waals surface area contributed by atoms with Gasteiger partial charge < -0.3 is 11.1 Å². The van der Waals surface area contributed by atoms with E-state index in [1.54, 1.807) is 17.1 Å². The van der Waals surface area contributed by atoms with Crippen LogP contribution in [0.1, 0.15) is 19.0 Å². The highest BCUT2D eigenvalue weighted by Gasteiger charge is 2.32. The molecule has 0 saturated heterocycles. The molecule has 0 saturated carbocycles. The minimum absolute atomic E-state index is 0.0568. The summed E-state index contributed by atoms with van der Waals surface area (Å²) in [5, 5.41) is 7.06. The highest BCUT2D eigenvalue weighted by molar-refractivity contribution is 5.57. The van der Waals surface area contributed by atoms with Crippen LogP contribution in [0.15, 0.2) is 30.6 Å². The Morgan fingerprint density at radius 1 is 1.15 bits per heavy atom. The lowest BCUT2D eigenvalue weighted by molar-refractivity contribution is -0.141. The summed E-state index contributed by atoms with van der Waals surface area (Å²) in [7, 11) is 0. The molecule has 0 amide bonds. The molecule has 136 valence electrons. The minimum atomic E-state index is -4.57. The molecule has 0 fully saturated rings. The zero-order chi connectivity index (χ0) is 18.7. The number of nitrogen functional groups attached to an aromatic ring is 1. The number of nitrogens with one attached hydrogen (secondary N) is 1. The Labute approximate surface area is 146 Å². The van der Waals surface area contributed by atoms with Gasteiger partial charge in [-0.1, -0.05) is 13.0 Å². The van der Waals surface area contributed by atoms with Crippen LogP contribution in [-0.2, 0) is 12.7 Å². The molecule has 26 heavy (non-hydrogen) atoms. The van der Waals surface area contributed by atoms with Crippen molar-refractivity contribution in [2.45, 2.75) is 26.1 Å². The zero-order valence-electron chi connectivity index (χ0n) is 13.7. The van der Waals surface area contributed by atoms with E-state index >= 15 is 0 Å². The van der Waals surface area contributed by atoms with Crippen molar-refractivity contribution in [3.63, 3.8) is 0 Å². The molecule has 0 aliphatic heterocycles. The van der Waals surface area contributed by atoms with E-state index in [4.69, 9.17) is 5.73 Å². The number of pyridine rings is 1. The van der Waals surface area contributed by atoms with Crippen molar-refractivity contribution in [3.8, 4) is 11.5 Å². The SMILES string of the molecule is CCCn1cc(Nc2nc(N)nc(-c3cccc(C(F)(F)F)n3)n2)cn1. The maximum Gasteiger partial charge on any atom is 0.433 e.